The molecule has 2 rings (SSSR count). The number of nitrogens with zero attached hydrogens (tertiary/aromatic N) is 1. The highest BCUT2D eigenvalue weighted by Gasteiger charge is 2.36. The molecule has 1 heterocycles. The second-order valence-electron chi connectivity index (χ2n) is 6.25. The highest BCUT2D eigenvalue weighted by atomic mass is 16.2. The zero-order valence-electron chi connectivity index (χ0n) is 12.4. The SMILES string of the molecule is CC(CCN)CCC(=O)N1CCCC1C(=O)NC1CC1. The fourth-order valence-corrected chi connectivity index (χ4v) is 2.81. The standard InChI is InChI=1S/C15H27N3O2/c1-11(8-9-16)4-7-14(19)18-10-2-3-13(18)15(20)17-12-5-6-12/h11-13H,2-10,16H2,1H3,(H,17,20). The fourth-order valence-electron chi connectivity index (χ4n) is 2.81. The zero-order chi connectivity index (χ0) is 14.5. The quantitative estimate of drug-likeness (QED) is 0.731. The van der Waals surface area contributed by atoms with E-state index < -0.39 is 0 Å². The van der Waals surface area contributed by atoms with Crippen LogP contribution in [0, 0.1) is 5.92 Å². The molecule has 3 N–H and O–H groups in total. The first-order chi connectivity index (χ1) is 9.61. The van der Waals surface area contributed by atoms with Crippen LogP contribution in [0.25, 0.3) is 0 Å². The third-order valence-electron chi connectivity index (χ3n) is 4.31. The van der Waals surface area contributed by atoms with E-state index in [1.807, 2.05) is 0 Å². The van der Waals surface area contributed by atoms with E-state index in [-0.39, 0.29) is 17.9 Å². The van der Waals surface area contributed by atoms with Crippen molar-refractivity contribution in [1.29, 1.82) is 0 Å². The largest absolute Gasteiger partial charge is 0.352 e. The van der Waals surface area contributed by atoms with Crippen molar-refractivity contribution in [2.24, 2.45) is 11.7 Å². The maximum atomic E-state index is 12.3. The third kappa shape index (κ3) is 4.20. The summed E-state index contributed by atoms with van der Waals surface area (Å²) in [5.74, 6) is 0.654. The normalized spacial score (nSPS) is 23.7. The summed E-state index contributed by atoms with van der Waals surface area (Å²) < 4.78 is 0. The van der Waals surface area contributed by atoms with Crippen LogP contribution in [0.4, 0.5) is 0 Å². The van der Waals surface area contributed by atoms with Gasteiger partial charge in [0.25, 0.3) is 0 Å². The van der Waals surface area contributed by atoms with E-state index >= 15 is 0 Å². The van der Waals surface area contributed by atoms with Crippen LogP contribution in [-0.4, -0.2) is 41.9 Å². The molecule has 1 saturated heterocycles. The number of hydrogen-bond acceptors (Lipinski definition) is 3. The number of nitrogens with one attached hydrogen (secondary N) is 1. The molecular weight excluding hydrogens is 254 g/mol. The summed E-state index contributed by atoms with van der Waals surface area (Å²) in [6.45, 7) is 3.53. The fraction of sp³-hybridized carbons (Fsp3) is 0.867. The number of rotatable bonds is 7. The predicted octanol–water partition coefficient (Wildman–Crippen LogP) is 1.02. The molecule has 1 aliphatic heterocycles. The third-order valence-corrected chi connectivity index (χ3v) is 4.31. The molecule has 0 aromatic heterocycles. The summed E-state index contributed by atoms with van der Waals surface area (Å²) in [7, 11) is 0. The van der Waals surface area contributed by atoms with Crippen molar-refractivity contribution in [2.45, 2.75) is 64.0 Å². The smallest absolute Gasteiger partial charge is 0.243 e. The first-order valence-corrected chi connectivity index (χ1v) is 7.91. The summed E-state index contributed by atoms with van der Waals surface area (Å²) in [4.78, 5) is 26.2. The van der Waals surface area contributed by atoms with Gasteiger partial charge in [0.15, 0.2) is 0 Å². The zero-order valence-corrected chi connectivity index (χ0v) is 12.4. The molecule has 0 spiro atoms. The Kier molecular flexibility index (Phi) is 5.40. The Morgan fingerprint density at radius 1 is 1.30 bits per heavy atom. The van der Waals surface area contributed by atoms with E-state index in [9.17, 15) is 9.59 Å². The number of carbonyl (C=O) groups excluding carboxylic acids is 2. The van der Waals surface area contributed by atoms with Gasteiger partial charge in [0.05, 0.1) is 0 Å². The second-order valence-corrected chi connectivity index (χ2v) is 6.25. The highest BCUT2D eigenvalue weighted by Crippen LogP contribution is 2.23. The molecule has 2 atom stereocenters. The van der Waals surface area contributed by atoms with Gasteiger partial charge in [-0.3, -0.25) is 9.59 Å². The van der Waals surface area contributed by atoms with Crippen LogP contribution in [-0.2, 0) is 9.59 Å². The Hall–Kier alpha value is -1.10. The average molecular weight is 281 g/mol. The van der Waals surface area contributed by atoms with Gasteiger partial charge in [-0.2, -0.15) is 0 Å². The van der Waals surface area contributed by atoms with Crippen LogP contribution >= 0.6 is 0 Å². The molecule has 0 aromatic rings. The van der Waals surface area contributed by atoms with Crippen LogP contribution < -0.4 is 11.1 Å². The molecule has 0 aromatic carbocycles. The van der Waals surface area contributed by atoms with E-state index in [4.69, 9.17) is 5.73 Å². The lowest BCUT2D eigenvalue weighted by Gasteiger charge is -2.24. The molecule has 2 unspecified atom stereocenters. The van der Waals surface area contributed by atoms with Crippen molar-refractivity contribution in [1.82, 2.24) is 10.2 Å². The Morgan fingerprint density at radius 3 is 2.70 bits per heavy atom. The van der Waals surface area contributed by atoms with Crippen LogP contribution in [0.15, 0.2) is 0 Å². The van der Waals surface area contributed by atoms with Crippen LogP contribution in [0.2, 0.25) is 0 Å². The molecule has 114 valence electrons. The lowest BCUT2D eigenvalue weighted by Crippen LogP contribution is -2.46. The molecule has 1 aliphatic carbocycles. The Bertz CT molecular complexity index is 355. The van der Waals surface area contributed by atoms with Crippen molar-refractivity contribution in [3.05, 3.63) is 0 Å². The van der Waals surface area contributed by atoms with Crippen molar-refractivity contribution in [2.75, 3.05) is 13.1 Å². The number of amides is 2. The number of likely N-dealkylation sites (tertiary alicyclic amines) is 1. The second kappa shape index (κ2) is 7.07. The van der Waals surface area contributed by atoms with Gasteiger partial charge in [-0.1, -0.05) is 6.92 Å². The van der Waals surface area contributed by atoms with E-state index in [0.717, 1.165) is 45.1 Å². The van der Waals surface area contributed by atoms with Gasteiger partial charge >= 0.3 is 0 Å². The maximum Gasteiger partial charge on any atom is 0.243 e. The average Bonchev–Trinajstić information content (AvgIpc) is 3.08. The predicted molar refractivity (Wildman–Crippen MR) is 78.0 cm³/mol. The van der Waals surface area contributed by atoms with Gasteiger partial charge in [0.1, 0.15) is 6.04 Å². The number of carbonyl (C=O) groups is 2. The van der Waals surface area contributed by atoms with Crippen molar-refractivity contribution >= 4 is 11.8 Å². The van der Waals surface area contributed by atoms with Gasteiger partial charge in [0.2, 0.25) is 11.8 Å². The highest BCUT2D eigenvalue weighted by molar-refractivity contribution is 5.88. The molecule has 20 heavy (non-hydrogen) atoms. The van der Waals surface area contributed by atoms with Gasteiger partial charge in [-0.05, 0) is 51.0 Å². The molecule has 5 heteroatoms. The van der Waals surface area contributed by atoms with E-state index in [0.29, 0.717) is 24.9 Å². The minimum Gasteiger partial charge on any atom is -0.352 e. The van der Waals surface area contributed by atoms with Crippen molar-refractivity contribution in [3.8, 4) is 0 Å². The van der Waals surface area contributed by atoms with Crippen molar-refractivity contribution < 1.29 is 9.59 Å². The number of nitrogens with two attached hydrogens (primary N) is 1. The Morgan fingerprint density at radius 2 is 2.05 bits per heavy atom. The molecule has 5 nitrogen and oxygen atoms in total. The molecular formula is C15H27N3O2. The number of hydrogen-bond donors (Lipinski definition) is 2. The van der Waals surface area contributed by atoms with Gasteiger partial charge in [-0.25, -0.2) is 0 Å². The lowest BCUT2D eigenvalue weighted by molar-refractivity contribution is -0.138. The summed E-state index contributed by atoms with van der Waals surface area (Å²) in [6, 6.07) is 0.137. The topological polar surface area (TPSA) is 75.4 Å². The molecule has 1 saturated carbocycles. The lowest BCUT2D eigenvalue weighted by atomic mass is 10.0. The summed E-state index contributed by atoms with van der Waals surface area (Å²) in [5.41, 5.74) is 5.52. The van der Waals surface area contributed by atoms with E-state index in [1.54, 1.807) is 4.90 Å². The Balaban J connectivity index is 1.79. The van der Waals surface area contributed by atoms with Crippen LogP contribution in [0.1, 0.15) is 51.9 Å². The Labute approximate surface area is 121 Å². The summed E-state index contributed by atoms with van der Waals surface area (Å²) in [5, 5.41) is 3.02. The minimum atomic E-state index is -0.229. The summed E-state index contributed by atoms with van der Waals surface area (Å²) in [6.07, 6.45) is 6.28. The van der Waals surface area contributed by atoms with Gasteiger partial charge in [-0.15, -0.1) is 0 Å². The molecule has 0 radical (unpaired) electrons. The first kappa shape index (κ1) is 15.3. The van der Waals surface area contributed by atoms with E-state index in [1.165, 1.54) is 0 Å². The monoisotopic (exact) mass is 281 g/mol. The maximum absolute atomic E-state index is 12.3. The minimum absolute atomic E-state index is 0.0494. The van der Waals surface area contributed by atoms with Crippen LogP contribution in [0.3, 0.4) is 0 Å². The molecule has 2 aliphatic rings. The molecule has 2 amide bonds. The van der Waals surface area contributed by atoms with Crippen LogP contribution in [0.5, 0.6) is 0 Å². The van der Waals surface area contributed by atoms with Gasteiger partial charge in [0, 0.05) is 19.0 Å². The molecule has 2 fully saturated rings. The summed E-state index contributed by atoms with van der Waals surface area (Å²) >= 11 is 0. The van der Waals surface area contributed by atoms with Crippen molar-refractivity contribution in [3.63, 3.8) is 0 Å². The van der Waals surface area contributed by atoms with Gasteiger partial charge < -0.3 is 16.0 Å². The first-order valence-electron chi connectivity index (χ1n) is 7.91. The molecule has 0 bridgehead atoms. The van der Waals surface area contributed by atoms with E-state index in [2.05, 4.69) is 12.2 Å².